The number of hydrogen-bond donors (Lipinski definition) is 0. The fourth-order valence-corrected chi connectivity index (χ4v) is 2.73. The molecule has 2 rings (SSSR count). The Morgan fingerprint density at radius 1 is 1.38 bits per heavy atom. The molecule has 2 aliphatic rings. The number of amides is 1. The van der Waals surface area contributed by atoms with Crippen LogP contribution in [0, 0.1) is 0 Å². The molecule has 1 aliphatic heterocycles. The lowest BCUT2D eigenvalue weighted by atomic mass is 10.2. The molecule has 16 heavy (non-hydrogen) atoms. The minimum Gasteiger partial charge on any atom is -0.309 e. The Hall–Kier alpha value is -1.29. The summed E-state index contributed by atoms with van der Waals surface area (Å²) in [6.07, 6.45) is 9.90. The molecule has 0 aromatic heterocycles. The third-order valence-electron chi connectivity index (χ3n) is 2.55. The highest BCUT2D eigenvalue weighted by atomic mass is 32.2. The van der Waals surface area contributed by atoms with E-state index in [4.69, 9.17) is 0 Å². The second kappa shape index (κ2) is 5.16. The third kappa shape index (κ3) is 2.44. The minimum absolute atomic E-state index is 0.0419. The summed E-state index contributed by atoms with van der Waals surface area (Å²) in [7, 11) is 0. The summed E-state index contributed by atoms with van der Waals surface area (Å²) in [6, 6.07) is 0. The maximum Gasteiger partial charge on any atom is 0.227 e. The zero-order chi connectivity index (χ0) is 11.4. The molecule has 3 nitrogen and oxygen atoms in total. The van der Waals surface area contributed by atoms with Crippen molar-refractivity contribution in [3.8, 4) is 0 Å². The molecule has 4 heteroatoms. The fourth-order valence-electron chi connectivity index (χ4n) is 1.77. The van der Waals surface area contributed by atoms with E-state index in [0.717, 1.165) is 24.2 Å². The van der Waals surface area contributed by atoms with Gasteiger partial charge in [-0.2, -0.15) is 0 Å². The van der Waals surface area contributed by atoms with E-state index in [0.29, 0.717) is 6.42 Å². The van der Waals surface area contributed by atoms with Crippen molar-refractivity contribution in [3.05, 3.63) is 34.9 Å². The van der Waals surface area contributed by atoms with Gasteiger partial charge in [0, 0.05) is 24.3 Å². The summed E-state index contributed by atoms with van der Waals surface area (Å²) in [6.45, 7) is 0.163. The highest BCUT2D eigenvalue weighted by Crippen LogP contribution is 2.30. The van der Waals surface area contributed by atoms with Crippen molar-refractivity contribution >= 4 is 24.0 Å². The molecule has 1 amide bonds. The smallest absolute Gasteiger partial charge is 0.227 e. The Labute approximate surface area is 98.9 Å². The average molecular weight is 235 g/mol. The van der Waals surface area contributed by atoms with Crippen LogP contribution in [0.2, 0.25) is 0 Å². The van der Waals surface area contributed by atoms with Gasteiger partial charge >= 0.3 is 0 Å². The maximum absolute atomic E-state index is 11.8. The molecular formula is C12H13NO2S. The third-order valence-corrected chi connectivity index (χ3v) is 3.60. The first kappa shape index (κ1) is 11.2. The summed E-state index contributed by atoms with van der Waals surface area (Å²) in [5, 5.41) is 0. The first-order valence-corrected chi connectivity index (χ1v) is 6.23. The quantitative estimate of drug-likeness (QED) is 0.686. The molecule has 1 saturated heterocycles. The van der Waals surface area contributed by atoms with Gasteiger partial charge in [0.05, 0.1) is 6.54 Å². The number of hydrogen-bond acceptors (Lipinski definition) is 3. The van der Waals surface area contributed by atoms with Gasteiger partial charge in [-0.3, -0.25) is 4.79 Å². The van der Waals surface area contributed by atoms with Gasteiger partial charge < -0.3 is 9.69 Å². The van der Waals surface area contributed by atoms with E-state index < -0.39 is 0 Å². The van der Waals surface area contributed by atoms with Crippen molar-refractivity contribution in [3.63, 3.8) is 0 Å². The van der Waals surface area contributed by atoms with Crippen LogP contribution in [0.15, 0.2) is 34.9 Å². The molecule has 0 N–H and O–H groups in total. The summed E-state index contributed by atoms with van der Waals surface area (Å²) in [5.74, 6) is 0.835. The average Bonchev–Trinajstić information content (AvgIpc) is 2.50. The zero-order valence-corrected chi connectivity index (χ0v) is 9.70. The summed E-state index contributed by atoms with van der Waals surface area (Å²) >= 11 is 1.72. The van der Waals surface area contributed by atoms with Gasteiger partial charge in [-0.05, 0) is 11.0 Å². The van der Waals surface area contributed by atoms with Gasteiger partial charge in [0.25, 0.3) is 0 Å². The van der Waals surface area contributed by atoms with Crippen molar-refractivity contribution < 1.29 is 9.59 Å². The van der Waals surface area contributed by atoms with Crippen LogP contribution in [0.3, 0.4) is 0 Å². The fraction of sp³-hybridized carbons (Fsp3) is 0.333. The SMILES string of the molecule is O=CCN1C(=O)CCSC2=CC=CC=C1C2. The van der Waals surface area contributed by atoms with E-state index >= 15 is 0 Å². The molecular weight excluding hydrogens is 222 g/mol. The Morgan fingerprint density at radius 3 is 3.00 bits per heavy atom. The number of allylic oxidation sites excluding steroid dienone is 5. The molecule has 0 atom stereocenters. The number of thioether (sulfide) groups is 1. The molecule has 0 saturated carbocycles. The molecule has 1 heterocycles. The number of nitrogens with zero attached hydrogens (tertiary/aromatic N) is 1. The van der Waals surface area contributed by atoms with Crippen LogP contribution < -0.4 is 0 Å². The molecule has 0 radical (unpaired) electrons. The van der Waals surface area contributed by atoms with Gasteiger partial charge in [-0.25, -0.2) is 0 Å². The predicted octanol–water partition coefficient (Wildman–Crippen LogP) is 1.88. The van der Waals surface area contributed by atoms with Crippen LogP contribution in [0.1, 0.15) is 12.8 Å². The van der Waals surface area contributed by atoms with E-state index in [-0.39, 0.29) is 12.5 Å². The summed E-state index contributed by atoms with van der Waals surface area (Å²) in [4.78, 5) is 25.3. The van der Waals surface area contributed by atoms with Crippen LogP contribution in [-0.2, 0) is 9.59 Å². The van der Waals surface area contributed by atoms with Crippen molar-refractivity contribution in [2.45, 2.75) is 12.8 Å². The summed E-state index contributed by atoms with van der Waals surface area (Å²) in [5.41, 5.74) is 0.921. The lowest BCUT2D eigenvalue weighted by molar-refractivity contribution is -0.130. The van der Waals surface area contributed by atoms with Gasteiger partial charge in [0.15, 0.2) is 0 Å². The van der Waals surface area contributed by atoms with Gasteiger partial charge in [0.1, 0.15) is 6.29 Å². The monoisotopic (exact) mass is 235 g/mol. The Morgan fingerprint density at radius 2 is 2.19 bits per heavy atom. The lowest BCUT2D eigenvalue weighted by Gasteiger charge is -2.26. The van der Waals surface area contributed by atoms with Crippen LogP contribution >= 0.6 is 11.8 Å². The van der Waals surface area contributed by atoms with E-state index in [1.54, 1.807) is 16.7 Å². The van der Waals surface area contributed by atoms with Gasteiger partial charge in [-0.1, -0.05) is 18.2 Å². The Bertz CT molecular complexity index is 396. The number of carbonyl (C=O) groups is 2. The number of carbonyl (C=O) groups excluding carboxylic acids is 2. The standard InChI is InChI=1S/C12H13NO2S/c14-7-6-13-10-3-1-2-4-11(9-10)16-8-5-12(13)15/h1-4,7H,5-6,8-9H2. The van der Waals surface area contributed by atoms with E-state index in [1.807, 2.05) is 18.2 Å². The first-order chi connectivity index (χ1) is 7.81. The molecule has 0 unspecified atom stereocenters. The Balaban J connectivity index is 2.30. The van der Waals surface area contributed by atoms with Gasteiger partial charge in [-0.15, -0.1) is 11.8 Å². The second-order valence-corrected chi connectivity index (χ2v) is 4.84. The Kier molecular flexibility index (Phi) is 3.62. The molecule has 2 bridgehead atoms. The number of aldehydes is 1. The van der Waals surface area contributed by atoms with E-state index in [2.05, 4.69) is 6.08 Å². The van der Waals surface area contributed by atoms with Crippen molar-refractivity contribution in [1.29, 1.82) is 0 Å². The lowest BCUT2D eigenvalue weighted by Crippen LogP contribution is -2.33. The molecule has 0 aromatic carbocycles. The molecule has 84 valence electrons. The molecule has 1 aliphatic carbocycles. The second-order valence-electron chi connectivity index (χ2n) is 3.62. The largest absolute Gasteiger partial charge is 0.309 e. The van der Waals surface area contributed by atoms with E-state index in [1.165, 1.54) is 4.91 Å². The normalized spacial score (nSPS) is 20.5. The summed E-state index contributed by atoms with van der Waals surface area (Å²) < 4.78 is 0. The highest BCUT2D eigenvalue weighted by molar-refractivity contribution is 8.03. The van der Waals surface area contributed by atoms with Crippen LogP contribution in [0.5, 0.6) is 0 Å². The first-order valence-electron chi connectivity index (χ1n) is 5.24. The van der Waals surface area contributed by atoms with Crippen molar-refractivity contribution in [2.75, 3.05) is 12.3 Å². The number of fused-ring (bicyclic) bond motifs is 2. The molecule has 1 fully saturated rings. The highest BCUT2D eigenvalue weighted by Gasteiger charge is 2.21. The predicted molar refractivity (Wildman–Crippen MR) is 64.8 cm³/mol. The topological polar surface area (TPSA) is 37.4 Å². The number of rotatable bonds is 2. The van der Waals surface area contributed by atoms with E-state index in [9.17, 15) is 9.59 Å². The molecule has 0 aromatic rings. The zero-order valence-electron chi connectivity index (χ0n) is 8.89. The van der Waals surface area contributed by atoms with Gasteiger partial charge in [0.2, 0.25) is 5.91 Å². The van der Waals surface area contributed by atoms with Crippen molar-refractivity contribution in [2.24, 2.45) is 0 Å². The van der Waals surface area contributed by atoms with Crippen molar-refractivity contribution in [1.82, 2.24) is 4.90 Å². The molecule has 0 spiro atoms. The van der Waals surface area contributed by atoms with Crippen LogP contribution in [0.25, 0.3) is 0 Å². The van der Waals surface area contributed by atoms with Crippen LogP contribution in [-0.4, -0.2) is 29.4 Å². The maximum atomic E-state index is 11.8. The minimum atomic E-state index is 0.0419. The van der Waals surface area contributed by atoms with Crippen LogP contribution in [0.4, 0.5) is 0 Å².